The zero-order chi connectivity index (χ0) is 52.2. The smallest absolute Gasteiger partial charge is 0.867 e. The number of carbonyl (C=O) groups is 5. The van der Waals surface area contributed by atoms with Crippen molar-refractivity contribution in [3.8, 4) is 33.9 Å². The number of Topliss-reactive ketones (excluding diaryl/α,β-unsaturated/α-hetero) is 1. The van der Waals surface area contributed by atoms with Crippen LogP contribution >= 0.6 is 46.4 Å². The van der Waals surface area contributed by atoms with E-state index in [0.29, 0.717) is 61.6 Å². The summed E-state index contributed by atoms with van der Waals surface area (Å²) in [5.41, 5.74) is 6.87. The van der Waals surface area contributed by atoms with Crippen LogP contribution in [0.15, 0.2) is 158 Å². The van der Waals surface area contributed by atoms with Crippen LogP contribution in [0.2, 0.25) is 20.1 Å². The Labute approximate surface area is 449 Å². The van der Waals surface area contributed by atoms with E-state index in [-0.39, 0.29) is 47.5 Å². The van der Waals surface area contributed by atoms with Crippen LogP contribution < -0.4 is 29.4 Å². The van der Waals surface area contributed by atoms with Crippen LogP contribution in [-0.4, -0.2) is 87.3 Å². The Hall–Kier alpha value is -7.53. The zero-order valence-electron chi connectivity index (χ0n) is 39.2. The van der Waals surface area contributed by atoms with Crippen LogP contribution in [0.4, 0.5) is 0 Å². The summed E-state index contributed by atoms with van der Waals surface area (Å²) < 4.78 is 12.6. The van der Waals surface area contributed by atoms with E-state index in [4.69, 9.17) is 56.3 Å². The molecule has 0 atom stereocenters. The summed E-state index contributed by atoms with van der Waals surface area (Å²) in [6.45, 7) is 5.18. The number of hydrogen-bond donors (Lipinski definition) is 2. The summed E-state index contributed by atoms with van der Waals surface area (Å²) in [6.07, 6.45) is 12.6. The Bertz CT molecular complexity index is 3200. The number of halogens is 4. The maximum atomic E-state index is 12.2. The van der Waals surface area contributed by atoms with Gasteiger partial charge < -0.3 is 14.6 Å². The molecular formula is C50H40Cl4LiN9O9. The molecule has 0 saturated carbocycles. The predicted molar refractivity (Wildman–Crippen MR) is 266 cm³/mol. The van der Waals surface area contributed by atoms with Gasteiger partial charge in [0.25, 0.3) is 5.91 Å². The van der Waals surface area contributed by atoms with Crippen molar-refractivity contribution in [1.82, 2.24) is 45.0 Å². The Balaban J connectivity index is 0.000000218. The molecule has 1 amide bonds. The summed E-state index contributed by atoms with van der Waals surface area (Å²) in [7, 11) is 0. The maximum Gasteiger partial charge on any atom is 1.00 e. The molecule has 0 unspecified atom stereocenters. The average Bonchev–Trinajstić information content (AvgIpc) is 4.05. The van der Waals surface area contributed by atoms with E-state index in [1.54, 1.807) is 85.1 Å². The first-order chi connectivity index (χ1) is 34.6. The van der Waals surface area contributed by atoms with Crippen molar-refractivity contribution in [3.05, 3.63) is 201 Å². The fourth-order valence-electron chi connectivity index (χ4n) is 5.86. The largest absolute Gasteiger partial charge is 1.00 e. The van der Waals surface area contributed by atoms with Crippen LogP contribution in [0.3, 0.4) is 0 Å². The maximum absolute atomic E-state index is 12.2. The number of ether oxygens (including phenoxy) is 2. The van der Waals surface area contributed by atoms with Gasteiger partial charge in [-0.3, -0.25) is 39.5 Å². The Morgan fingerprint density at radius 1 is 0.603 bits per heavy atom. The zero-order valence-corrected chi connectivity index (χ0v) is 42.2. The van der Waals surface area contributed by atoms with Crippen molar-refractivity contribution in [3.63, 3.8) is 0 Å². The molecule has 18 nitrogen and oxygen atoms in total. The van der Waals surface area contributed by atoms with E-state index in [1.165, 1.54) is 48.7 Å². The number of esters is 2. The molecule has 0 radical (unpaired) electrons. The van der Waals surface area contributed by atoms with Crippen LogP contribution in [0.25, 0.3) is 33.9 Å². The minimum absolute atomic E-state index is 0. The van der Waals surface area contributed by atoms with Crippen LogP contribution in [0.5, 0.6) is 0 Å². The predicted octanol–water partition coefficient (Wildman–Crippen LogP) is 6.14. The van der Waals surface area contributed by atoms with Gasteiger partial charge in [-0.25, -0.2) is 24.4 Å². The molecular weight excluding hydrogens is 1020 g/mol. The minimum Gasteiger partial charge on any atom is -0.867 e. The first-order valence-electron chi connectivity index (χ1n) is 21.1. The number of rotatable bonds is 12. The molecule has 73 heavy (non-hydrogen) atoms. The van der Waals surface area contributed by atoms with E-state index in [1.807, 2.05) is 48.5 Å². The summed E-state index contributed by atoms with van der Waals surface area (Å²) in [5, 5.41) is 30.8. The minimum atomic E-state index is -1.06. The third kappa shape index (κ3) is 17.3. The van der Waals surface area contributed by atoms with Gasteiger partial charge in [-0.1, -0.05) is 82.8 Å². The number of para-hydroxylation sites is 2. The molecule has 2 N–H and O–H groups in total. The molecule has 2 aromatic carbocycles. The van der Waals surface area contributed by atoms with Crippen molar-refractivity contribution in [2.75, 3.05) is 13.2 Å². The number of carbonyl (C=O) groups excluding carboxylic acids is 5. The van der Waals surface area contributed by atoms with Gasteiger partial charge in [-0.05, 0) is 93.3 Å². The van der Waals surface area contributed by atoms with Crippen LogP contribution in [0, 0.1) is 0 Å². The van der Waals surface area contributed by atoms with E-state index >= 15 is 0 Å². The molecule has 0 fully saturated rings. The van der Waals surface area contributed by atoms with Gasteiger partial charge in [0.1, 0.15) is 5.69 Å². The standard InChI is InChI=1S/C17H14ClN3O2.C15H11ClN4O2.C11H10ClNO4.C7H6ClNO.Li/c1-2-23-17(22)16-9-15(12-8-13(18)11-19-10-12)20-21(16)14-6-4-3-5-7-14;16-11-6-10(8-17-9-11)13-7-14(15(21)19-22)20(18-13)12-4-2-1-3-5-12;1-2-17-11(16)10(15)4-9(14)7-3-8(12)6-13-5-7;1-5(10)6-2-7(8)4-9-3-6;/h3-11H,2H2,1H3;1-9,22H,(H,19,21);3-6,15H,2H2,1H3;2-4H,1H3;/q;;;;+1/p-1/b;;10-4-;;. The van der Waals surface area contributed by atoms with Gasteiger partial charge in [-0.2, -0.15) is 10.2 Å². The number of nitrogens with one attached hydrogen (secondary N) is 1. The normalized spacial score (nSPS) is 10.3. The SMILES string of the molecule is CC(=O)c1cncc(Cl)c1.CCOC(=O)/C([O-])=C/C(=O)c1cncc(Cl)c1.CCOC(=O)c1cc(-c2cncc(Cl)c2)nn1-c1ccccc1.O=C(NO)c1cc(-c2cncc(Cl)c2)nn1-c1ccccc1.[Li+]. The van der Waals surface area contributed by atoms with Gasteiger partial charge in [0, 0.05) is 71.8 Å². The van der Waals surface area contributed by atoms with Crippen molar-refractivity contribution in [2.45, 2.75) is 20.8 Å². The monoisotopic (exact) mass is 1060 g/mol. The third-order valence-corrected chi connectivity index (χ3v) is 9.91. The number of hydroxylamine groups is 1. The Morgan fingerprint density at radius 3 is 1.45 bits per heavy atom. The van der Waals surface area contributed by atoms with Crippen molar-refractivity contribution < 1.29 is 62.6 Å². The van der Waals surface area contributed by atoms with Gasteiger partial charge in [0.15, 0.2) is 17.3 Å². The first kappa shape index (κ1) is 58.0. The number of aromatic nitrogens is 8. The van der Waals surface area contributed by atoms with Crippen molar-refractivity contribution in [1.29, 1.82) is 0 Å². The number of amides is 1. The first-order valence-corrected chi connectivity index (χ1v) is 22.6. The Morgan fingerprint density at radius 2 is 1.03 bits per heavy atom. The molecule has 0 aliphatic carbocycles. The topological polar surface area (TPSA) is 246 Å². The number of nitrogens with zero attached hydrogens (tertiary/aromatic N) is 8. The summed E-state index contributed by atoms with van der Waals surface area (Å²) in [5.74, 6) is -3.80. The number of allylic oxidation sites excluding steroid dienone is 1. The molecule has 0 spiro atoms. The number of pyridine rings is 4. The molecule has 6 aromatic heterocycles. The van der Waals surface area contributed by atoms with E-state index in [9.17, 15) is 29.1 Å². The molecule has 0 saturated heterocycles. The average molecular weight is 1060 g/mol. The van der Waals surface area contributed by atoms with Crippen LogP contribution in [-0.2, 0) is 14.3 Å². The van der Waals surface area contributed by atoms with Gasteiger partial charge in [0.05, 0.1) is 56.1 Å². The third-order valence-electron chi connectivity index (χ3n) is 9.08. The molecule has 0 aliphatic heterocycles. The summed E-state index contributed by atoms with van der Waals surface area (Å²) in [6, 6.07) is 28.2. The molecule has 8 rings (SSSR count). The Kier molecular flexibility index (Phi) is 23.1. The second kappa shape index (κ2) is 29.1. The molecule has 23 heteroatoms. The second-order valence-corrected chi connectivity index (χ2v) is 15.9. The number of hydrogen-bond acceptors (Lipinski definition) is 15. The molecule has 6 heterocycles. The molecule has 368 valence electrons. The molecule has 0 aliphatic rings. The summed E-state index contributed by atoms with van der Waals surface area (Å²) >= 11 is 23.1. The van der Waals surface area contributed by atoms with Gasteiger partial charge in [-0.15, -0.1) is 0 Å². The fourth-order valence-corrected chi connectivity index (χ4v) is 6.56. The van der Waals surface area contributed by atoms with E-state index in [0.717, 1.165) is 11.3 Å². The molecule has 8 aromatic rings. The quantitative estimate of drug-likeness (QED) is 0.0266. The summed E-state index contributed by atoms with van der Waals surface area (Å²) in [4.78, 5) is 72.8. The van der Waals surface area contributed by atoms with Crippen LogP contribution in [0.1, 0.15) is 62.5 Å². The number of ketones is 2. The van der Waals surface area contributed by atoms with Gasteiger partial charge in [0.2, 0.25) is 0 Å². The van der Waals surface area contributed by atoms with Crippen molar-refractivity contribution >= 4 is 75.8 Å². The second-order valence-electron chi connectivity index (χ2n) is 14.2. The van der Waals surface area contributed by atoms with Gasteiger partial charge >= 0.3 is 30.8 Å². The molecule has 0 bridgehead atoms. The van der Waals surface area contributed by atoms with E-state index in [2.05, 4.69) is 34.9 Å². The fraction of sp³-hybridized carbons (Fsp3) is 0.100. The van der Waals surface area contributed by atoms with Crippen molar-refractivity contribution in [2.24, 2.45) is 0 Å². The van der Waals surface area contributed by atoms with E-state index < -0.39 is 29.4 Å². The number of benzene rings is 2.